The predicted octanol–water partition coefficient (Wildman–Crippen LogP) is 4.07. The topological polar surface area (TPSA) is 95.3 Å². The third-order valence-corrected chi connectivity index (χ3v) is 4.70. The molecule has 0 atom stereocenters. The molecular formula is C23H13N5O. The molecule has 0 aliphatic carbocycles. The van der Waals surface area contributed by atoms with Gasteiger partial charge in [0.15, 0.2) is 11.2 Å². The maximum atomic E-state index is 12.5. The van der Waals surface area contributed by atoms with Crippen LogP contribution in [0.15, 0.2) is 77.7 Å². The Kier molecular flexibility index (Phi) is 3.85. The first-order valence-corrected chi connectivity index (χ1v) is 8.99. The summed E-state index contributed by atoms with van der Waals surface area (Å²) < 4.78 is 0. The van der Waals surface area contributed by atoms with Gasteiger partial charge >= 0.3 is 0 Å². The summed E-state index contributed by atoms with van der Waals surface area (Å²) in [5, 5.41) is 10.1. The van der Waals surface area contributed by atoms with Gasteiger partial charge in [-0.1, -0.05) is 42.5 Å². The molecule has 3 heterocycles. The Bertz CT molecular complexity index is 1480. The minimum Gasteiger partial charge on any atom is -0.329 e. The Balaban J connectivity index is 1.86. The fourth-order valence-electron chi connectivity index (χ4n) is 3.34. The number of rotatable bonds is 2. The molecule has 0 radical (unpaired) electrons. The number of aromatic nitrogens is 4. The van der Waals surface area contributed by atoms with E-state index in [9.17, 15) is 4.79 Å². The Morgan fingerprint density at radius 1 is 0.862 bits per heavy atom. The van der Waals surface area contributed by atoms with E-state index in [-0.39, 0.29) is 16.6 Å². The Morgan fingerprint density at radius 3 is 2.52 bits per heavy atom. The van der Waals surface area contributed by atoms with Gasteiger partial charge < -0.3 is 4.98 Å². The van der Waals surface area contributed by atoms with Gasteiger partial charge in [-0.15, -0.1) is 0 Å². The van der Waals surface area contributed by atoms with E-state index in [1.807, 2.05) is 66.7 Å². The van der Waals surface area contributed by atoms with Gasteiger partial charge in [0.05, 0.1) is 16.9 Å². The lowest BCUT2D eigenvalue weighted by molar-refractivity contribution is 1.19. The molecule has 6 nitrogen and oxygen atoms in total. The van der Waals surface area contributed by atoms with Crippen LogP contribution in [-0.4, -0.2) is 19.9 Å². The number of nitrogens with zero attached hydrogens (tertiary/aromatic N) is 4. The van der Waals surface area contributed by atoms with Gasteiger partial charge in [-0.05, 0) is 18.2 Å². The summed E-state index contributed by atoms with van der Waals surface area (Å²) in [6, 6.07) is 22.5. The first kappa shape index (κ1) is 16.8. The lowest BCUT2D eigenvalue weighted by atomic mass is 10.0. The molecule has 6 heteroatoms. The van der Waals surface area contributed by atoms with Crippen LogP contribution in [0.5, 0.6) is 0 Å². The number of pyridine rings is 2. The number of hydrogen-bond acceptors (Lipinski definition) is 5. The number of benzene rings is 2. The van der Waals surface area contributed by atoms with Crippen LogP contribution < -0.4 is 5.43 Å². The van der Waals surface area contributed by atoms with Crippen LogP contribution in [-0.2, 0) is 0 Å². The molecule has 0 bridgehead atoms. The second-order valence-electron chi connectivity index (χ2n) is 6.55. The molecule has 0 aliphatic rings. The maximum Gasteiger partial charge on any atom is 0.210 e. The molecule has 0 unspecified atom stereocenters. The molecular weight excluding hydrogens is 362 g/mol. The Morgan fingerprint density at radius 2 is 1.69 bits per heavy atom. The van der Waals surface area contributed by atoms with Gasteiger partial charge in [-0.25, -0.2) is 9.97 Å². The zero-order valence-electron chi connectivity index (χ0n) is 15.1. The molecule has 0 fully saturated rings. The Labute approximate surface area is 165 Å². The monoisotopic (exact) mass is 375 g/mol. The minimum absolute atomic E-state index is 0.153. The number of nitrogens with one attached hydrogen (secondary N) is 1. The number of H-pyrrole nitrogens is 1. The normalized spacial score (nSPS) is 10.9. The lowest BCUT2D eigenvalue weighted by Crippen LogP contribution is -2.09. The van der Waals surface area contributed by atoms with Crippen molar-refractivity contribution in [1.29, 1.82) is 5.26 Å². The van der Waals surface area contributed by atoms with E-state index in [1.54, 1.807) is 6.20 Å². The molecule has 5 aromatic rings. The quantitative estimate of drug-likeness (QED) is 0.502. The largest absolute Gasteiger partial charge is 0.329 e. The summed E-state index contributed by atoms with van der Waals surface area (Å²) in [7, 11) is 0. The predicted molar refractivity (Wildman–Crippen MR) is 111 cm³/mol. The molecule has 0 saturated carbocycles. The number of hydrogen-bond donors (Lipinski definition) is 1. The highest BCUT2D eigenvalue weighted by molar-refractivity contribution is 5.89. The van der Waals surface area contributed by atoms with Gasteiger partial charge in [0.1, 0.15) is 11.8 Å². The number of aromatic amines is 1. The molecule has 3 aromatic heterocycles. The van der Waals surface area contributed by atoms with E-state index in [0.29, 0.717) is 17.0 Å². The zero-order chi connectivity index (χ0) is 19.8. The molecule has 29 heavy (non-hydrogen) atoms. The van der Waals surface area contributed by atoms with Gasteiger partial charge in [0.25, 0.3) is 0 Å². The summed E-state index contributed by atoms with van der Waals surface area (Å²) in [5.74, 6) is 0. The fourth-order valence-corrected chi connectivity index (χ4v) is 3.34. The van der Waals surface area contributed by atoms with Crippen LogP contribution in [0.2, 0.25) is 0 Å². The molecule has 0 aliphatic heterocycles. The van der Waals surface area contributed by atoms with Gasteiger partial charge in [-0.2, -0.15) is 5.26 Å². The van der Waals surface area contributed by atoms with E-state index < -0.39 is 0 Å². The highest BCUT2D eigenvalue weighted by Crippen LogP contribution is 2.31. The summed E-state index contributed by atoms with van der Waals surface area (Å²) in [6.07, 6.45) is 1.75. The Hall–Kier alpha value is -4.37. The summed E-state index contributed by atoms with van der Waals surface area (Å²) in [5.41, 5.74) is 4.11. The van der Waals surface area contributed by atoms with Crippen LogP contribution in [0.25, 0.3) is 44.6 Å². The van der Waals surface area contributed by atoms with Crippen molar-refractivity contribution >= 4 is 22.1 Å². The summed E-state index contributed by atoms with van der Waals surface area (Å²) in [6.45, 7) is 0. The third kappa shape index (κ3) is 2.91. The standard InChI is InChI=1S/C23H13N5O/c24-13-17-12-19(29)22-23(26-17)28-20(14-5-2-1-3-6-14)21(27-22)16-8-9-18-15(11-16)7-4-10-25-18/h1-12H,(H,26,28,29). The van der Waals surface area contributed by atoms with Crippen molar-refractivity contribution in [2.75, 3.05) is 0 Å². The number of nitriles is 1. The van der Waals surface area contributed by atoms with E-state index in [1.165, 1.54) is 6.07 Å². The molecule has 0 saturated heterocycles. The zero-order valence-corrected chi connectivity index (χ0v) is 15.1. The highest BCUT2D eigenvalue weighted by Gasteiger charge is 2.16. The second kappa shape index (κ2) is 6.66. The van der Waals surface area contributed by atoms with Crippen molar-refractivity contribution in [1.82, 2.24) is 19.9 Å². The van der Waals surface area contributed by atoms with Gasteiger partial charge in [-0.3, -0.25) is 9.78 Å². The van der Waals surface area contributed by atoms with Crippen molar-refractivity contribution in [3.63, 3.8) is 0 Å². The minimum atomic E-state index is -0.342. The van der Waals surface area contributed by atoms with Crippen molar-refractivity contribution in [2.45, 2.75) is 0 Å². The molecule has 0 amide bonds. The molecule has 5 rings (SSSR count). The van der Waals surface area contributed by atoms with E-state index >= 15 is 0 Å². The molecule has 0 spiro atoms. The van der Waals surface area contributed by atoms with E-state index in [2.05, 4.69) is 19.9 Å². The first-order chi connectivity index (χ1) is 14.2. The fraction of sp³-hybridized carbons (Fsp3) is 0. The highest BCUT2D eigenvalue weighted by atomic mass is 16.1. The van der Waals surface area contributed by atoms with Crippen LogP contribution in [0.3, 0.4) is 0 Å². The third-order valence-electron chi connectivity index (χ3n) is 4.70. The van der Waals surface area contributed by atoms with Crippen molar-refractivity contribution in [3.05, 3.63) is 88.8 Å². The van der Waals surface area contributed by atoms with Gasteiger partial charge in [0.2, 0.25) is 5.43 Å². The lowest BCUT2D eigenvalue weighted by Gasteiger charge is -2.11. The van der Waals surface area contributed by atoms with Crippen LogP contribution in [0.1, 0.15) is 5.69 Å². The summed E-state index contributed by atoms with van der Waals surface area (Å²) in [4.78, 5) is 29.1. The smallest absolute Gasteiger partial charge is 0.210 e. The van der Waals surface area contributed by atoms with Crippen LogP contribution in [0, 0.1) is 11.3 Å². The van der Waals surface area contributed by atoms with Crippen molar-refractivity contribution in [3.8, 4) is 28.6 Å². The van der Waals surface area contributed by atoms with Crippen molar-refractivity contribution in [2.24, 2.45) is 0 Å². The SMILES string of the molecule is N#Cc1cc(=O)c2nc(-c3ccc4ncccc4c3)c(-c3ccccc3)nc2[nH]1. The van der Waals surface area contributed by atoms with Crippen LogP contribution in [0.4, 0.5) is 0 Å². The van der Waals surface area contributed by atoms with Crippen LogP contribution >= 0.6 is 0 Å². The van der Waals surface area contributed by atoms with E-state index in [0.717, 1.165) is 22.0 Å². The van der Waals surface area contributed by atoms with Crippen molar-refractivity contribution < 1.29 is 0 Å². The van der Waals surface area contributed by atoms with Gasteiger partial charge in [0, 0.05) is 28.8 Å². The first-order valence-electron chi connectivity index (χ1n) is 8.99. The maximum absolute atomic E-state index is 12.5. The second-order valence-corrected chi connectivity index (χ2v) is 6.55. The molecule has 1 N–H and O–H groups in total. The van der Waals surface area contributed by atoms with E-state index in [4.69, 9.17) is 5.26 Å². The number of fused-ring (bicyclic) bond motifs is 2. The average molecular weight is 375 g/mol. The average Bonchev–Trinajstić information content (AvgIpc) is 2.78. The molecule has 2 aromatic carbocycles. The summed E-state index contributed by atoms with van der Waals surface area (Å²) >= 11 is 0. The molecule has 136 valence electrons.